The topological polar surface area (TPSA) is 26.3 Å². The van der Waals surface area contributed by atoms with Gasteiger partial charge in [0, 0.05) is 0 Å². The Morgan fingerprint density at radius 2 is 1.58 bits per heavy atom. The first-order valence-electron chi connectivity index (χ1n) is 4.54. The van der Waals surface area contributed by atoms with E-state index >= 15 is 0 Å². The number of hydrogen-bond acceptors (Lipinski definition) is 2. The van der Waals surface area contributed by atoms with E-state index in [1.54, 1.807) is 0 Å². The van der Waals surface area contributed by atoms with Gasteiger partial charge in [-0.3, -0.25) is 0 Å². The molecule has 0 aliphatic heterocycles. The number of alkyl halides is 6. The predicted octanol–water partition coefficient (Wildman–Crippen LogP) is 3.65. The van der Waals surface area contributed by atoms with E-state index in [1.165, 1.54) is 0 Å². The van der Waals surface area contributed by atoms with Gasteiger partial charge in [0.05, 0.1) is 23.8 Å². The molecule has 106 valence electrons. The minimum atomic E-state index is -5.48. The van der Waals surface area contributed by atoms with Crippen LogP contribution < -0.4 is 0 Å². The van der Waals surface area contributed by atoms with Crippen LogP contribution in [0.3, 0.4) is 0 Å². The van der Waals surface area contributed by atoms with Crippen LogP contribution in [-0.4, -0.2) is 13.1 Å². The Morgan fingerprint density at radius 1 is 1.05 bits per heavy atom. The minimum absolute atomic E-state index is 0.0455. The molecule has 19 heavy (non-hydrogen) atoms. The molecule has 0 fully saturated rings. The zero-order valence-corrected chi connectivity index (χ0v) is 9.12. The van der Waals surface area contributed by atoms with Crippen LogP contribution in [0.25, 0.3) is 0 Å². The molecule has 1 aromatic rings. The lowest BCUT2D eigenvalue weighted by atomic mass is 9.99. The van der Waals surface area contributed by atoms with E-state index in [0.717, 1.165) is 0 Å². The van der Waals surface area contributed by atoms with Crippen LogP contribution in [-0.2, 0) is 17.1 Å². The van der Waals surface area contributed by atoms with Gasteiger partial charge >= 0.3 is 18.3 Å². The number of carbonyl (C=O) groups is 1. The van der Waals surface area contributed by atoms with Gasteiger partial charge in [-0.15, -0.1) is 0 Å². The highest BCUT2D eigenvalue weighted by molar-refractivity contribution is 5.91. The van der Waals surface area contributed by atoms with Crippen molar-refractivity contribution in [2.45, 2.75) is 12.4 Å². The van der Waals surface area contributed by atoms with Crippen molar-refractivity contribution in [2.75, 3.05) is 7.11 Å². The van der Waals surface area contributed by atoms with Crippen LogP contribution in [0.2, 0.25) is 0 Å². The van der Waals surface area contributed by atoms with Gasteiger partial charge in [0.25, 0.3) is 0 Å². The van der Waals surface area contributed by atoms with Crippen LogP contribution in [0.5, 0.6) is 0 Å². The Kier molecular flexibility index (Phi) is 3.78. The summed E-state index contributed by atoms with van der Waals surface area (Å²) >= 11 is 0. The zero-order chi connectivity index (χ0) is 15.0. The molecule has 0 saturated heterocycles. The number of carbonyl (C=O) groups excluding carboxylic acids is 1. The Morgan fingerprint density at radius 3 is 1.95 bits per heavy atom. The maximum atomic E-state index is 12.9. The van der Waals surface area contributed by atoms with Crippen molar-refractivity contribution in [3.63, 3.8) is 0 Å². The molecule has 0 saturated carbocycles. The maximum Gasteiger partial charge on any atom is 0.417 e. The van der Waals surface area contributed by atoms with Crippen molar-refractivity contribution in [3.8, 4) is 0 Å². The highest BCUT2D eigenvalue weighted by Gasteiger charge is 2.46. The van der Waals surface area contributed by atoms with Gasteiger partial charge < -0.3 is 4.74 Å². The summed E-state index contributed by atoms with van der Waals surface area (Å²) in [4.78, 5) is 11.1. The lowest BCUT2D eigenvalue weighted by Gasteiger charge is -2.18. The summed E-state index contributed by atoms with van der Waals surface area (Å²) in [5.74, 6) is -3.34. The van der Waals surface area contributed by atoms with Crippen molar-refractivity contribution in [1.82, 2.24) is 0 Å². The number of rotatable bonds is 1. The van der Waals surface area contributed by atoms with Gasteiger partial charge in [0.1, 0.15) is 5.82 Å². The molecule has 1 rings (SSSR count). The standard InChI is InChI=1S/C10H5F7O2/c1-19-8(18)5-2-4(11)3-6(9(12,13)14)7(5)10(15,16)17/h2-3H,1H3. The quantitative estimate of drug-likeness (QED) is 0.583. The zero-order valence-electron chi connectivity index (χ0n) is 9.12. The van der Waals surface area contributed by atoms with E-state index < -0.39 is 40.8 Å². The molecule has 0 bridgehead atoms. The third-order valence-corrected chi connectivity index (χ3v) is 2.10. The third kappa shape index (κ3) is 3.15. The average molecular weight is 290 g/mol. The molecule has 0 aliphatic carbocycles. The Balaban J connectivity index is 3.74. The van der Waals surface area contributed by atoms with E-state index in [1.807, 2.05) is 0 Å². The van der Waals surface area contributed by atoms with Gasteiger partial charge in [0.2, 0.25) is 0 Å². The smallest absolute Gasteiger partial charge is 0.417 e. The molecule has 0 amide bonds. The van der Waals surface area contributed by atoms with Crippen molar-refractivity contribution in [2.24, 2.45) is 0 Å². The molecule has 0 aliphatic rings. The van der Waals surface area contributed by atoms with Crippen molar-refractivity contribution >= 4 is 5.97 Å². The fourth-order valence-corrected chi connectivity index (χ4v) is 1.41. The maximum absolute atomic E-state index is 12.9. The second kappa shape index (κ2) is 4.71. The molecule has 0 unspecified atom stereocenters. The highest BCUT2D eigenvalue weighted by atomic mass is 19.4. The van der Waals surface area contributed by atoms with Crippen LogP contribution >= 0.6 is 0 Å². The van der Waals surface area contributed by atoms with Crippen LogP contribution in [0.1, 0.15) is 21.5 Å². The summed E-state index contributed by atoms with van der Waals surface area (Å²) in [6, 6.07) is -0.279. The molecule has 1 aromatic carbocycles. The van der Waals surface area contributed by atoms with Crippen LogP contribution in [0, 0.1) is 5.82 Å². The monoisotopic (exact) mass is 290 g/mol. The third-order valence-electron chi connectivity index (χ3n) is 2.10. The lowest BCUT2D eigenvalue weighted by Crippen LogP contribution is -2.22. The van der Waals surface area contributed by atoms with Gasteiger partial charge in [-0.25, -0.2) is 9.18 Å². The SMILES string of the molecule is COC(=O)c1cc(F)cc(C(F)(F)F)c1C(F)(F)F. The summed E-state index contributed by atoms with van der Waals surface area (Å²) in [6.45, 7) is 0. The largest absolute Gasteiger partial charge is 0.465 e. The Bertz CT molecular complexity index is 502. The molecule has 0 radical (unpaired) electrons. The molecule has 0 aromatic heterocycles. The molecule has 0 N–H and O–H groups in total. The first kappa shape index (κ1) is 15.3. The number of halogens is 7. The second-order valence-corrected chi connectivity index (χ2v) is 3.36. The Labute approximate surface area is 101 Å². The number of ether oxygens (including phenoxy) is 1. The van der Waals surface area contributed by atoms with E-state index in [2.05, 4.69) is 4.74 Å². The summed E-state index contributed by atoms with van der Waals surface area (Å²) in [6.07, 6.45) is -10.9. The molecule has 2 nitrogen and oxygen atoms in total. The first-order chi connectivity index (χ1) is 8.48. The molecule has 0 heterocycles. The number of esters is 1. The minimum Gasteiger partial charge on any atom is -0.465 e. The summed E-state index contributed by atoms with van der Waals surface area (Å²) in [7, 11) is 0.667. The van der Waals surface area contributed by atoms with E-state index in [-0.39, 0.29) is 12.1 Å². The average Bonchev–Trinajstić information content (AvgIpc) is 2.23. The second-order valence-electron chi connectivity index (χ2n) is 3.36. The van der Waals surface area contributed by atoms with Gasteiger partial charge in [-0.2, -0.15) is 26.3 Å². The fraction of sp³-hybridized carbons (Fsp3) is 0.300. The van der Waals surface area contributed by atoms with Gasteiger partial charge in [-0.05, 0) is 12.1 Å². The van der Waals surface area contributed by atoms with Crippen molar-refractivity contribution in [3.05, 3.63) is 34.6 Å². The van der Waals surface area contributed by atoms with Gasteiger partial charge in [-0.1, -0.05) is 0 Å². The summed E-state index contributed by atoms with van der Waals surface area (Å²) in [5.41, 5.74) is -6.07. The molecule has 9 heteroatoms. The van der Waals surface area contributed by atoms with Crippen LogP contribution in [0.4, 0.5) is 30.7 Å². The van der Waals surface area contributed by atoms with E-state index in [0.29, 0.717) is 7.11 Å². The Hall–Kier alpha value is -1.80. The fourth-order valence-electron chi connectivity index (χ4n) is 1.41. The van der Waals surface area contributed by atoms with Crippen molar-refractivity contribution in [1.29, 1.82) is 0 Å². The van der Waals surface area contributed by atoms with E-state index in [4.69, 9.17) is 0 Å². The number of methoxy groups -OCH3 is 1. The van der Waals surface area contributed by atoms with Crippen molar-refractivity contribution < 1.29 is 40.3 Å². The summed E-state index contributed by atoms with van der Waals surface area (Å²) < 4.78 is 92.2. The normalized spacial score (nSPS) is 12.4. The predicted molar refractivity (Wildman–Crippen MR) is 47.7 cm³/mol. The summed E-state index contributed by atoms with van der Waals surface area (Å²) in [5, 5.41) is 0. The van der Waals surface area contributed by atoms with Gasteiger partial charge in [0.15, 0.2) is 0 Å². The molecule has 0 spiro atoms. The first-order valence-corrected chi connectivity index (χ1v) is 4.54. The van der Waals surface area contributed by atoms with E-state index in [9.17, 15) is 35.5 Å². The molecular weight excluding hydrogens is 285 g/mol. The molecule has 0 atom stereocenters. The lowest BCUT2D eigenvalue weighted by molar-refractivity contribution is -0.162. The highest BCUT2D eigenvalue weighted by Crippen LogP contribution is 2.42. The van der Waals surface area contributed by atoms with Crippen LogP contribution in [0.15, 0.2) is 12.1 Å². The molecular formula is C10H5F7O2. The number of hydrogen-bond donors (Lipinski definition) is 0. The number of benzene rings is 1.